The van der Waals surface area contributed by atoms with Crippen LogP contribution < -0.4 is 10.6 Å². The van der Waals surface area contributed by atoms with Crippen molar-refractivity contribution in [1.82, 2.24) is 25.5 Å². The number of hydrogen-bond donors (Lipinski definition) is 3. The van der Waals surface area contributed by atoms with Gasteiger partial charge in [-0.1, -0.05) is 52.9 Å². The van der Waals surface area contributed by atoms with Gasteiger partial charge in [0.2, 0.25) is 17.0 Å². The molecule has 1 fully saturated rings. The van der Waals surface area contributed by atoms with Gasteiger partial charge in [-0.2, -0.15) is 4.68 Å². The second-order valence-electron chi connectivity index (χ2n) is 10.6. The van der Waals surface area contributed by atoms with Gasteiger partial charge in [0.25, 0.3) is 0 Å². The molecule has 214 valence electrons. The van der Waals surface area contributed by atoms with E-state index >= 15 is 0 Å². The molecule has 0 spiro atoms. The highest BCUT2D eigenvalue weighted by atomic mass is 35.5. The molecule has 2 aromatic carbocycles. The molecule has 1 saturated carbocycles. The van der Waals surface area contributed by atoms with Crippen LogP contribution in [-0.2, 0) is 14.4 Å². The molecule has 3 aromatic rings. The van der Waals surface area contributed by atoms with Gasteiger partial charge in [-0.25, -0.2) is 4.79 Å². The van der Waals surface area contributed by atoms with Crippen LogP contribution in [0.5, 0.6) is 0 Å². The Labute approximate surface area is 251 Å². The number of rotatable bonds is 9. The molecule has 4 rings (SSSR count). The Kier molecular flexibility index (Phi) is 8.97. The van der Waals surface area contributed by atoms with Crippen molar-refractivity contribution >= 4 is 58.4 Å². The summed E-state index contributed by atoms with van der Waals surface area (Å²) < 4.78 is 1.50. The maximum absolute atomic E-state index is 12.7. The number of tetrazole rings is 1. The molecule has 1 aromatic heterocycles. The Hall–Kier alpha value is -3.59. The van der Waals surface area contributed by atoms with Gasteiger partial charge in [-0.05, 0) is 92.8 Å². The summed E-state index contributed by atoms with van der Waals surface area (Å²) in [5, 5.41) is 27.5. The number of carboxylic acids is 1. The number of carbonyl (C=O) groups excluding carboxylic acids is 2. The molecule has 2 amide bonds. The molecule has 0 radical (unpaired) electrons. The van der Waals surface area contributed by atoms with Crippen LogP contribution in [0.4, 0.5) is 5.69 Å². The first-order valence-corrected chi connectivity index (χ1v) is 14.4. The summed E-state index contributed by atoms with van der Waals surface area (Å²) in [6.45, 7) is 5.98. The Balaban J connectivity index is 1.36. The van der Waals surface area contributed by atoms with E-state index in [4.69, 9.17) is 23.2 Å². The van der Waals surface area contributed by atoms with E-state index in [0.29, 0.717) is 33.0 Å². The number of nitrogens with one attached hydrogen (secondary N) is 2. The highest BCUT2D eigenvalue weighted by molar-refractivity contribution is 7.99. The number of aromatic nitrogens is 4. The van der Waals surface area contributed by atoms with Gasteiger partial charge in [-0.3, -0.25) is 9.59 Å². The van der Waals surface area contributed by atoms with Gasteiger partial charge < -0.3 is 15.7 Å². The van der Waals surface area contributed by atoms with Crippen molar-refractivity contribution in [2.45, 2.75) is 57.1 Å². The van der Waals surface area contributed by atoms with Crippen molar-refractivity contribution < 1.29 is 19.5 Å². The average Bonchev–Trinajstić information content (AvgIpc) is 3.65. The van der Waals surface area contributed by atoms with Gasteiger partial charge in [0.15, 0.2) is 0 Å². The first-order valence-electron chi connectivity index (χ1n) is 12.7. The number of carboxylic acid groups (broad SMARTS) is 1. The van der Waals surface area contributed by atoms with Crippen LogP contribution in [0.25, 0.3) is 5.69 Å². The fraction of sp³-hybridized carbons (Fsp3) is 0.357. The molecule has 1 aliphatic rings. The second kappa shape index (κ2) is 12.1. The van der Waals surface area contributed by atoms with Gasteiger partial charge in [0.05, 0.1) is 27.2 Å². The van der Waals surface area contributed by atoms with Crippen LogP contribution in [0.1, 0.15) is 57.6 Å². The summed E-state index contributed by atoms with van der Waals surface area (Å²) in [5.41, 5.74) is 0.143. The topological polar surface area (TPSA) is 139 Å². The van der Waals surface area contributed by atoms with Crippen molar-refractivity contribution in [3.63, 3.8) is 0 Å². The smallest absolute Gasteiger partial charge is 0.328 e. The zero-order valence-electron chi connectivity index (χ0n) is 22.8. The summed E-state index contributed by atoms with van der Waals surface area (Å²) in [7, 11) is 0. The third-order valence-corrected chi connectivity index (χ3v) is 7.85. The first-order chi connectivity index (χ1) is 19.3. The molecular formula is C28H28Cl2N6O4S. The highest BCUT2D eigenvalue weighted by Gasteiger charge is 2.35. The van der Waals surface area contributed by atoms with E-state index in [-0.39, 0.29) is 16.7 Å². The van der Waals surface area contributed by atoms with Crippen LogP contribution in [0.15, 0.2) is 41.6 Å². The van der Waals surface area contributed by atoms with E-state index in [0.717, 1.165) is 11.8 Å². The maximum atomic E-state index is 12.7. The lowest BCUT2D eigenvalue weighted by molar-refractivity contribution is -0.147. The summed E-state index contributed by atoms with van der Waals surface area (Å²) in [4.78, 5) is 36.6. The second-order valence-corrected chi connectivity index (χ2v) is 12.4. The lowest BCUT2D eigenvalue weighted by Crippen LogP contribution is -2.53. The van der Waals surface area contributed by atoms with E-state index in [1.807, 2.05) is 18.2 Å². The number of carbonyl (C=O) groups is 3. The molecule has 0 unspecified atom stereocenters. The Morgan fingerprint density at radius 1 is 1.10 bits per heavy atom. The third-order valence-electron chi connectivity index (χ3n) is 6.31. The van der Waals surface area contributed by atoms with E-state index in [2.05, 4.69) is 38.0 Å². The molecule has 0 saturated heterocycles. The monoisotopic (exact) mass is 614 g/mol. The Morgan fingerprint density at radius 2 is 1.83 bits per heavy atom. The molecule has 41 heavy (non-hydrogen) atoms. The highest BCUT2D eigenvalue weighted by Crippen LogP contribution is 2.41. The fourth-order valence-corrected chi connectivity index (χ4v) is 4.76. The van der Waals surface area contributed by atoms with E-state index < -0.39 is 22.8 Å². The van der Waals surface area contributed by atoms with Crippen molar-refractivity contribution in [2.24, 2.45) is 5.41 Å². The molecule has 0 bridgehead atoms. The zero-order chi connectivity index (χ0) is 29.9. The number of hydrogen-bond acceptors (Lipinski definition) is 7. The van der Waals surface area contributed by atoms with Gasteiger partial charge in [0.1, 0.15) is 11.0 Å². The summed E-state index contributed by atoms with van der Waals surface area (Å²) >= 11 is 14.0. The van der Waals surface area contributed by atoms with Crippen molar-refractivity contribution in [1.29, 1.82) is 0 Å². The predicted octanol–water partition coefficient (Wildman–Crippen LogP) is 4.93. The number of aliphatic carboxylic acids is 1. The molecule has 10 nitrogen and oxygen atoms in total. The van der Waals surface area contributed by atoms with Crippen LogP contribution >= 0.6 is 35.0 Å². The largest absolute Gasteiger partial charge is 0.480 e. The lowest BCUT2D eigenvalue weighted by Gasteiger charge is -2.26. The molecule has 0 aliphatic heterocycles. The number of anilines is 1. The normalized spacial score (nSPS) is 13.2. The number of thioether (sulfide) groups is 1. The van der Waals surface area contributed by atoms with Crippen LogP contribution in [0, 0.1) is 17.3 Å². The van der Waals surface area contributed by atoms with Gasteiger partial charge >= 0.3 is 5.97 Å². The van der Waals surface area contributed by atoms with Crippen LogP contribution in [-0.4, -0.2) is 54.4 Å². The third kappa shape index (κ3) is 7.58. The Morgan fingerprint density at radius 3 is 2.46 bits per heavy atom. The van der Waals surface area contributed by atoms with E-state index in [9.17, 15) is 19.5 Å². The van der Waals surface area contributed by atoms with Crippen molar-refractivity contribution in [3.8, 4) is 17.5 Å². The standard InChI is InChI=1S/C28H28Cl2N6O4S/c1-27(2,24(38)32-28(3,4)25(39)40)12-11-16-5-9-21(19(29)13-16)31-23(37)15-41-26-33-34-35-36(26)22-10-8-18(14-20(22)30)17-6-7-17/h5,8-10,13-14,17H,6-7,15H2,1-4H3,(H,31,37)(H,32,38)(H,39,40). The van der Waals surface area contributed by atoms with Crippen LogP contribution in [0.2, 0.25) is 10.0 Å². The molecular weight excluding hydrogens is 587 g/mol. The number of halogens is 2. The van der Waals surface area contributed by atoms with Gasteiger partial charge in [0, 0.05) is 5.56 Å². The quantitative estimate of drug-likeness (QED) is 0.228. The summed E-state index contributed by atoms with van der Waals surface area (Å²) in [6, 6.07) is 10.7. The number of amides is 2. The average molecular weight is 616 g/mol. The summed E-state index contributed by atoms with van der Waals surface area (Å²) in [6.07, 6.45) is 2.34. The minimum Gasteiger partial charge on any atom is -0.480 e. The zero-order valence-corrected chi connectivity index (χ0v) is 25.1. The molecule has 3 N–H and O–H groups in total. The van der Waals surface area contributed by atoms with Crippen LogP contribution in [0.3, 0.4) is 0 Å². The SMILES string of the molecule is CC(C)(C#Cc1ccc(NC(=O)CSc2nnnn2-c2ccc(C3CC3)cc2Cl)c(Cl)c1)C(=O)NC(C)(C)C(=O)O. The fourth-order valence-electron chi connectivity index (χ4n) is 3.57. The first kappa shape index (κ1) is 30.4. The van der Waals surface area contributed by atoms with E-state index in [1.165, 1.54) is 36.9 Å². The number of benzene rings is 2. The van der Waals surface area contributed by atoms with Crippen molar-refractivity contribution in [2.75, 3.05) is 11.1 Å². The maximum Gasteiger partial charge on any atom is 0.328 e. The summed E-state index contributed by atoms with van der Waals surface area (Å²) in [5.74, 6) is 4.34. The lowest BCUT2D eigenvalue weighted by atomic mass is 9.91. The predicted molar refractivity (Wildman–Crippen MR) is 157 cm³/mol. The molecule has 1 heterocycles. The minimum absolute atomic E-state index is 0.0199. The van der Waals surface area contributed by atoms with Crippen molar-refractivity contribution in [3.05, 3.63) is 57.6 Å². The Bertz CT molecular complexity index is 1570. The molecule has 0 atom stereocenters. The molecule has 1 aliphatic carbocycles. The number of nitrogens with zero attached hydrogens (tertiary/aromatic N) is 4. The molecule has 13 heteroatoms. The van der Waals surface area contributed by atoms with E-state index in [1.54, 1.807) is 32.0 Å². The van der Waals surface area contributed by atoms with Gasteiger partial charge in [-0.15, -0.1) is 5.10 Å². The minimum atomic E-state index is -1.43.